The fourth-order valence-electron chi connectivity index (χ4n) is 6.14. The van der Waals surface area contributed by atoms with Crippen LogP contribution in [0.25, 0.3) is 0 Å². The molecule has 0 aromatic heterocycles. The molecule has 2 bridgehead atoms. The summed E-state index contributed by atoms with van der Waals surface area (Å²) in [4.78, 5) is 27.0. The molecule has 2 fully saturated rings. The Morgan fingerprint density at radius 2 is 1.65 bits per heavy atom. The number of benzene rings is 2. The molecule has 0 unspecified atom stereocenters. The molecule has 4 rings (SSSR count). The first-order chi connectivity index (χ1) is 21.4. The van der Waals surface area contributed by atoms with Crippen molar-refractivity contribution < 1.29 is 39.5 Å². The zero-order valence-corrected chi connectivity index (χ0v) is 28.1. The Balaban J connectivity index is 1.36. The minimum absolute atomic E-state index is 0.167. The number of rotatable bonds is 13. The maximum absolute atomic E-state index is 12.6. The maximum Gasteiger partial charge on any atom is 0.245 e. The zero-order valence-electron chi connectivity index (χ0n) is 28.1. The van der Waals surface area contributed by atoms with Gasteiger partial charge in [-0.15, -0.1) is 0 Å². The first-order valence-electron chi connectivity index (χ1n) is 15.9. The average Bonchev–Trinajstić information content (AvgIpc) is 3.38. The molecule has 2 saturated heterocycles. The molecule has 2 aliphatic heterocycles. The molecular formula is C35H51N3O8. The number of likely N-dealkylation sites (N-methyl/N-ethyl adjacent to an activating group) is 1. The average molecular weight is 642 g/mol. The van der Waals surface area contributed by atoms with Crippen LogP contribution >= 0.6 is 0 Å². The summed E-state index contributed by atoms with van der Waals surface area (Å²) in [5.41, 5.74) is 0.437. The summed E-state index contributed by atoms with van der Waals surface area (Å²) in [6, 6.07) is 13.7. The van der Waals surface area contributed by atoms with Gasteiger partial charge in [0.05, 0.1) is 12.2 Å². The first-order valence-corrected chi connectivity index (χ1v) is 15.9. The number of nitrogens with zero attached hydrogens (tertiary/aromatic N) is 1. The monoisotopic (exact) mass is 641 g/mol. The van der Waals surface area contributed by atoms with Gasteiger partial charge in [0, 0.05) is 25.1 Å². The number of aliphatic hydroxyl groups is 4. The molecule has 254 valence electrons. The fraction of sp³-hybridized carbons (Fsp3) is 0.600. The highest BCUT2D eigenvalue weighted by Gasteiger charge is 2.71. The lowest BCUT2D eigenvalue weighted by Gasteiger charge is -2.50. The van der Waals surface area contributed by atoms with Gasteiger partial charge in [-0.3, -0.25) is 9.59 Å². The first kappa shape index (κ1) is 35.9. The van der Waals surface area contributed by atoms with E-state index >= 15 is 0 Å². The normalized spacial score (nSPS) is 26.3. The topological polar surface area (TPSA) is 161 Å². The van der Waals surface area contributed by atoms with Crippen LogP contribution in [-0.2, 0) is 37.7 Å². The van der Waals surface area contributed by atoms with Gasteiger partial charge in [-0.2, -0.15) is 0 Å². The van der Waals surface area contributed by atoms with E-state index in [0.717, 1.165) is 28.8 Å². The van der Waals surface area contributed by atoms with Crippen LogP contribution < -0.4 is 10.6 Å². The largest absolute Gasteiger partial charge is 0.387 e. The van der Waals surface area contributed by atoms with Gasteiger partial charge in [0.1, 0.15) is 23.9 Å². The highest BCUT2D eigenvalue weighted by atomic mass is 16.8. The van der Waals surface area contributed by atoms with Crippen molar-refractivity contribution >= 4 is 11.8 Å². The van der Waals surface area contributed by atoms with E-state index in [1.807, 2.05) is 62.3 Å². The molecule has 2 aromatic carbocycles. The Hall–Kier alpha value is -2.90. The molecule has 0 radical (unpaired) electrons. The number of amides is 2. The number of aryl methyl sites for hydroxylation is 2. The van der Waals surface area contributed by atoms with Gasteiger partial charge in [-0.1, -0.05) is 36.4 Å². The number of fused-ring (bicyclic) bond motifs is 2. The van der Waals surface area contributed by atoms with Crippen molar-refractivity contribution in [2.45, 2.75) is 101 Å². The molecule has 0 saturated carbocycles. The van der Waals surface area contributed by atoms with Crippen LogP contribution in [-0.4, -0.2) is 106 Å². The van der Waals surface area contributed by atoms with Crippen LogP contribution in [0.2, 0.25) is 0 Å². The molecule has 0 spiro atoms. The zero-order chi connectivity index (χ0) is 34.1. The van der Waals surface area contributed by atoms with Gasteiger partial charge in [0.15, 0.2) is 5.60 Å². The Morgan fingerprint density at radius 3 is 2.28 bits per heavy atom. The van der Waals surface area contributed by atoms with Crippen LogP contribution in [0, 0.1) is 6.92 Å². The van der Waals surface area contributed by atoms with Gasteiger partial charge in [0.25, 0.3) is 0 Å². The number of aliphatic hydroxyl groups excluding tert-OH is 3. The molecule has 0 aliphatic carbocycles. The Bertz CT molecular complexity index is 1390. The molecule has 11 nitrogen and oxygen atoms in total. The van der Waals surface area contributed by atoms with Crippen molar-refractivity contribution in [2.24, 2.45) is 0 Å². The fourth-order valence-corrected chi connectivity index (χ4v) is 6.14. The summed E-state index contributed by atoms with van der Waals surface area (Å²) in [5.74, 6) is -2.13. The van der Waals surface area contributed by atoms with E-state index in [-0.39, 0.29) is 18.4 Å². The second-order valence-corrected chi connectivity index (χ2v) is 14.1. The number of nitrogens with one attached hydrogen (secondary N) is 2. The molecule has 6 N–H and O–H groups in total. The van der Waals surface area contributed by atoms with E-state index in [9.17, 15) is 30.0 Å². The summed E-state index contributed by atoms with van der Waals surface area (Å²) in [5, 5.41) is 49.1. The Kier molecular flexibility index (Phi) is 10.7. The number of hydrogen-bond acceptors (Lipinski definition) is 9. The lowest BCUT2D eigenvalue weighted by atomic mass is 9.75. The second-order valence-electron chi connectivity index (χ2n) is 14.1. The van der Waals surface area contributed by atoms with E-state index in [0.29, 0.717) is 37.8 Å². The molecule has 11 heteroatoms. The molecule has 2 aromatic rings. The molecular weight excluding hydrogens is 590 g/mol. The Labute approximate surface area is 271 Å². The van der Waals surface area contributed by atoms with E-state index in [1.165, 1.54) is 13.8 Å². The standard InChI is InChI=1S/C35H51N3O8/c1-22-11-16-26(35-30(42)28(40)29(41)34(46-35,21-45-35)33(4,5)44)20-25(22)19-24-14-12-23(13-15-24)9-8-10-27(39)37-32(2,3)31(43)36-17-18-38(6)7/h11-16,20,28-30,40-42,44H,8-10,17-19,21H2,1-7H3,(H,36,43)(H,37,39)/t28-,29-,30+,34-,35-/m0/s1. The van der Waals surface area contributed by atoms with Crippen molar-refractivity contribution in [3.63, 3.8) is 0 Å². The summed E-state index contributed by atoms with van der Waals surface area (Å²) in [7, 11) is 3.86. The predicted octanol–water partition coefficient (Wildman–Crippen LogP) is 1.29. The molecule has 46 heavy (non-hydrogen) atoms. The van der Waals surface area contributed by atoms with Crippen LogP contribution in [0.3, 0.4) is 0 Å². The quantitative estimate of drug-likeness (QED) is 0.189. The third-order valence-electron chi connectivity index (χ3n) is 9.29. The van der Waals surface area contributed by atoms with Crippen LogP contribution in [0.1, 0.15) is 68.4 Å². The van der Waals surface area contributed by atoms with Crippen molar-refractivity contribution in [1.82, 2.24) is 15.5 Å². The molecule has 2 aliphatic rings. The number of ether oxygens (including phenoxy) is 2. The highest BCUT2D eigenvalue weighted by Crippen LogP contribution is 2.53. The van der Waals surface area contributed by atoms with Crippen LogP contribution in [0.4, 0.5) is 0 Å². The maximum atomic E-state index is 12.6. The van der Waals surface area contributed by atoms with Crippen molar-refractivity contribution in [3.05, 3.63) is 70.3 Å². The minimum Gasteiger partial charge on any atom is -0.387 e. The number of carbonyl (C=O) groups excluding carboxylic acids is 2. The number of hydrogen-bond donors (Lipinski definition) is 6. The van der Waals surface area contributed by atoms with Crippen molar-refractivity contribution in [2.75, 3.05) is 33.8 Å². The van der Waals surface area contributed by atoms with Gasteiger partial charge < -0.3 is 45.4 Å². The van der Waals surface area contributed by atoms with Crippen molar-refractivity contribution in [1.29, 1.82) is 0 Å². The SMILES string of the molecule is Cc1ccc([C@]23OC[C@](C(C)(C)O)(O2)[C@@H](O)[C@H](O)[C@H]3O)cc1Cc1ccc(CCCC(=O)NC(C)(C)C(=O)NCCN(C)C)cc1. The minimum atomic E-state index is -1.75. The number of carbonyl (C=O) groups is 2. The third-order valence-corrected chi connectivity index (χ3v) is 9.29. The van der Waals surface area contributed by atoms with E-state index in [4.69, 9.17) is 9.47 Å². The lowest BCUT2D eigenvalue weighted by Crippen LogP contribution is -2.70. The molecule has 2 heterocycles. The Morgan fingerprint density at radius 1 is 1.00 bits per heavy atom. The second kappa shape index (κ2) is 13.7. The van der Waals surface area contributed by atoms with E-state index in [1.54, 1.807) is 19.9 Å². The predicted molar refractivity (Wildman–Crippen MR) is 173 cm³/mol. The summed E-state index contributed by atoms with van der Waals surface area (Å²) in [6.07, 6.45) is -2.47. The summed E-state index contributed by atoms with van der Waals surface area (Å²) in [6.45, 7) is 9.38. The van der Waals surface area contributed by atoms with Crippen LogP contribution in [0.15, 0.2) is 42.5 Å². The van der Waals surface area contributed by atoms with Gasteiger partial charge >= 0.3 is 0 Å². The summed E-state index contributed by atoms with van der Waals surface area (Å²) >= 11 is 0. The van der Waals surface area contributed by atoms with E-state index < -0.39 is 40.8 Å². The molecule has 5 atom stereocenters. The highest BCUT2D eigenvalue weighted by molar-refractivity contribution is 5.90. The smallest absolute Gasteiger partial charge is 0.245 e. The molecule has 2 amide bonds. The summed E-state index contributed by atoms with van der Waals surface area (Å²) < 4.78 is 12.2. The van der Waals surface area contributed by atoms with Gasteiger partial charge in [-0.05, 0) is 96.3 Å². The lowest BCUT2D eigenvalue weighted by molar-refractivity contribution is -0.348. The van der Waals surface area contributed by atoms with E-state index in [2.05, 4.69) is 10.6 Å². The van der Waals surface area contributed by atoms with Gasteiger partial charge in [-0.25, -0.2) is 0 Å². The van der Waals surface area contributed by atoms with Crippen molar-refractivity contribution in [3.8, 4) is 0 Å². The van der Waals surface area contributed by atoms with Crippen LogP contribution in [0.5, 0.6) is 0 Å². The third kappa shape index (κ3) is 7.31. The van der Waals surface area contributed by atoms with Gasteiger partial charge in [0.2, 0.25) is 17.6 Å².